The average molecular weight is 1060 g/mol. The first-order valence-corrected chi connectivity index (χ1v) is 13.3. The summed E-state index contributed by atoms with van der Waals surface area (Å²) in [7, 11) is 3.00. The van der Waals surface area contributed by atoms with Gasteiger partial charge in [0.1, 0.15) is 0 Å². The Bertz CT molecular complexity index is 1390. The van der Waals surface area contributed by atoms with Crippen LogP contribution in [-0.2, 0) is 53.3 Å². The predicted octanol–water partition coefficient (Wildman–Crippen LogP) is -2.57. The van der Waals surface area contributed by atoms with Gasteiger partial charge in [0.05, 0.1) is 38.0 Å². The Morgan fingerprint density at radius 3 is 0.684 bits per heavy atom. The Hall–Kier alpha value is -5.08. The molecule has 0 atom stereocenters. The van der Waals surface area contributed by atoms with Crippen LogP contribution < -0.4 is 20.4 Å². The molecule has 2 radical (unpaired) electrons. The number of pyridine rings is 2. The van der Waals surface area contributed by atoms with Gasteiger partial charge in [-0.1, -0.05) is 35.2 Å². The van der Waals surface area contributed by atoms with Gasteiger partial charge in [-0.3, -0.25) is 29.1 Å². The molecule has 0 spiro atoms. The van der Waals surface area contributed by atoms with Crippen molar-refractivity contribution in [3.63, 3.8) is 0 Å². The second-order valence-electron chi connectivity index (χ2n) is 7.96. The topological polar surface area (TPSA) is 446 Å². The van der Waals surface area contributed by atoms with Crippen LogP contribution in [0.2, 0.25) is 0 Å². The molecule has 0 aliphatic heterocycles. The van der Waals surface area contributed by atoms with Crippen molar-refractivity contribution >= 4 is 46.2 Å². The SMILES string of the molecule is CC(=O)/C=C(\[O-])c1cccc(/C([O-])=C/C(C)=O)n1.CC(=O)/C=C(\[O-])c1cccc(/C([O-])=C/C(C)=O)n1.CO.CO.CO.O=[N+]([O-])[O-].O=[N+]([O-])[O-].O=[N+]([O-])[O-].[Cu+2].[Cu+2].[Ho+3]. The summed E-state index contributed by atoms with van der Waals surface area (Å²) in [6.07, 6.45) is 3.58. The molecule has 2 rings (SSSR count). The van der Waals surface area contributed by atoms with Gasteiger partial charge in [-0.15, -0.1) is 0 Å². The first kappa shape index (κ1) is 73.1. The van der Waals surface area contributed by atoms with Crippen LogP contribution in [0.5, 0.6) is 0 Å². The van der Waals surface area contributed by atoms with E-state index in [1.807, 2.05) is 0 Å². The predicted molar refractivity (Wildman–Crippen MR) is 179 cm³/mol. The fraction of sp³-hybridized carbons (Fsp3) is 0.241. The third kappa shape index (κ3) is 55.4. The Morgan fingerprint density at radius 1 is 0.456 bits per heavy atom. The molecule has 3 N–H and O–H groups in total. The number of ketones is 4. The molecule has 0 bridgehead atoms. The van der Waals surface area contributed by atoms with E-state index in [1.54, 1.807) is 0 Å². The molecule has 0 saturated carbocycles. The van der Waals surface area contributed by atoms with Crippen molar-refractivity contribution in [1.82, 2.24) is 9.97 Å². The average Bonchev–Trinajstić information content (AvgIpc) is 3.06. The van der Waals surface area contributed by atoms with E-state index < -0.39 is 61.4 Å². The van der Waals surface area contributed by atoms with E-state index >= 15 is 0 Å². The molecule has 0 aliphatic carbocycles. The summed E-state index contributed by atoms with van der Waals surface area (Å²) in [6.45, 7) is 4.99. The van der Waals surface area contributed by atoms with Crippen molar-refractivity contribution in [2.24, 2.45) is 0 Å². The molecular formula is C29H34Cu2HoN5O20. The maximum absolute atomic E-state index is 11.5. The third-order valence-corrected chi connectivity index (χ3v) is 3.85. The maximum atomic E-state index is 11.5. The zero-order chi connectivity index (χ0) is 44.1. The molecule has 2 aromatic rings. The number of aliphatic hydroxyl groups excluding tert-OH is 3. The van der Waals surface area contributed by atoms with Crippen LogP contribution in [0.25, 0.3) is 23.0 Å². The van der Waals surface area contributed by atoms with Crippen LogP contribution in [0.15, 0.2) is 60.7 Å². The number of rotatable bonds is 8. The molecule has 2 aromatic heterocycles. The monoisotopic (exact) mass is 1060 g/mol. The zero-order valence-corrected chi connectivity index (χ0v) is 34.0. The largest absolute Gasteiger partial charge is 3.00 e. The summed E-state index contributed by atoms with van der Waals surface area (Å²) < 4.78 is 0. The second kappa shape index (κ2) is 47.1. The number of hydrogen-bond donors (Lipinski definition) is 3. The number of nitrogens with zero attached hydrogens (tertiary/aromatic N) is 5. The summed E-state index contributed by atoms with van der Waals surface area (Å²) in [5.74, 6) is -3.86. The number of hydrogen-bond acceptors (Lipinski definition) is 22. The van der Waals surface area contributed by atoms with Crippen LogP contribution in [0.1, 0.15) is 50.5 Å². The van der Waals surface area contributed by atoms with E-state index in [9.17, 15) is 39.6 Å². The molecule has 57 heavy (non-hydrogen) atoms. The molecule has 0 aromatic carbocycles. The van der Waals surface area contributed by atoms with Gasteiger partial charge >= 0.3 is 71.9 Å². The van der Waals surface area contributed by atoms with E-state index in [4.69, 9.17) is 61.3 Å². The zero-order valence-electron chi connectivity index (χ0n) is 30.2. The van der Waals surface area contributed by atoms with Gasteiger partial charge in [0.15, 0.2) is 23.1 Å². The van der Waals surface area contributed by atoms with Crippen molar-refractivity contribution in [2.75, 3.05) is 21.3 Å². The van der Waals surface area contributed by atoms with Crippen LogP contribution >= 0.6 is 0 Å². The van der Waals surface area contributed by atoms with Crippen LogP contribution in [0.4, 0.5) is 0 Å². The van der Waals surface area contributed by atoms with Crippen molar-refractivity contribution < 1.29 is 142 Å². The molecule has 0 aliphatic rings. The summed E-state index contributed by atoms with van der Waals surface area (Å²) in [4.78, 5) is 75.5. The fourth-order valence-electron chi connectivity index (χ4n) is 2.45. The molecule has 0 fully saturated rings. The Labute approximate surface area is 374 Å². The third-order valence-electron chi connectivity index (χ3n) is 3.85. The fourth-order valence-corrected chi connectivity index (χ4v) is 2.45. The summed E-state index contributed by atoms with van der Waals surface area (Å²) in [6, 6.07) is 8.52. The van der Waals surface area contributed by atoms with Gasteiger partial charge in [0, 0.05) is 21.3 Å². The van der Waals surface area contributed by atoms with Gasteiger partial charge < -0.3 is 81.7 Å². The van der Waals surface area contributed by atoms with Gasteiger partial charge in [-0.05, 0) is 76.3 Å². The number of aromatic nitrogens is 2. The maximum Gasteiger partial charge on any atom is 3.00 e. The van der Waals surface area contributed by atoms with Crippen LogP contribution in [-0.4, -0.2) is 85.0 Å². The Balaban J connectivity index is -0.0000000787. The van der Waals surface area contributed by atoms with Gasteiger partial charge in [-0.2, -0.15) is 0 Å². The standard InChI is InChI=1S/2C13H13NO4.3CH4O.2Cu.Ho.3NO3/c2*1-8(15)6-12(17)10-4-3-5-11(14-10)13(18)7-9(2)16;3*1-2;;;;3*2-1(3)4/h2*3-7,17-18H,1-2H3;3*2H,1H3;;;;;;/q;;;;;2*+2;+3;3*-1/p-4/b2*12-6-,13-7-;;;;;;;;;. The minimum atomic E-state index is -1.75. The van der Waals surface area contributed by atoms with E-state index in [-0.39, 0.29) is 94.7 Å². The minimum absolute atomic E-state index is 0. The van der Waals surface area contributed by atoms with Crippen LogP contribution in [0, 0.1) is 83.7 Å². The number of allylic oxidation sites excluding steroid dienone is 4. The number of carbonyl (C=O) groups excluding carboxylic acids is 4. The molecule has 0 unspecified atom stereocenters. The quantitative estimate of drug-likeness (QED) is 0.0804. The Kier molecular flexibility index (Phi) is 60.3. The number of carbonyl (C=O) groups is 4. The van der Waals surface area contributed by atoms with Gasteiger partial charge in [0.25, 0.3) is 0 Å². The van der Waals surface area contributed by atoms with E-state index in [0.29, 0.717) is 0 Å². The molecule has 28 heteroatoms. The van der Waals surface area contributed by atoms with E-state index in [1.165, 1.54) is 64.1 Å². The van der Waals surface area contributed by atoms with Crippen molar-refractivity contribution in [2.45, 2.75) is 27.7 Å². The smallest absolute Gasteiger partial charge is 0.871 e. The van der Waals surface area contributed by atoms with Gasteiger partial charge in [0.2, 0.25) is 0 Å². The molecular weight excluding hydrogens is 1030 g/mol. The summed E-state index contributed by atoms with van der Waals surface area (Å²) in [5, 5.41) is 111. The number of aliphatic hydroxyl groups is 3. The first-order valence-electron chi connectivity index (χ1n) is 13.3. The molecule has 25 nitrogen and oxygen atoms in total. The summed E-state index contributed by atoms with van der Waals surface area (Å²) >= 11 is 0. The Morgan fingerprint density at radius 2 is 0.579 bits per heavy atom. The second-order valence-corrected chi connectivity index (χ2v) is 7.96. The van der Waals surface area contributed by atoms with E-state index in [2.05, 4.69) is 9.97 Å². The normalized spacial score (nSPS) is 9.37. The summed E-state index contributed by atoms with van der Waals surface area (Å²) in [5.41, 5.74) is -0.0259. The van der Waals surface area contributed by atoms with Crippen LogP contribution in [0.3, 0.4) is 0 Å². The van der Waals surface area contributed by atoms with Crippen molar-refractivity contribution in [3.8, 4) is 0 Å². The molecule has 0 saturated heterocycles. The van der Waals surface area contributed by atoms with Crippen molar-refractivity contribution in [1.29, 1.82) is 0 Å². The van der Waals surface area contributed by atoms with Gasteiger partial charge in [-0.25, -0.2) is 0 Å². The van der Waals surface area contributed by atoms with E-state index in [0.717, 1.165) is 45.6 Å². The molecule has 2 heterocycles. The molecule has 0 amide bonds. The van der Waals surface area contributed by atoms with Crippen molar-refractivity contribution in [3.05, 3.63) is 129 Å². The minimum Gasteiger partial charge on any atom is -0.871 e. The molecule has 328 valence electrons. The first-order chi connectivity index (χ1) is 25.0.